The Morgan fingerprint density at radius 1 is 1.13 bits per heavy atom. The summed E-state index contributed by atoms with van der Waals surface area (Å²) in [7, 11) is 0. The fourth-order valence-corrected chi connectivity index (χ4v) is 3.01. The summed E-state index contributed by atoms with van der Waals surface area (Å²) >= 11 is 0. The van der Waals surface area contributed by atoms with E-state index in [2.05, 4.69) is 0 Å². The molecule has 30 heavy (non-hydrogen) atoms. The zero-order chi connectivity index (χ0) is 21.8. The van der Waals surface area contributed by atoms with E-state index in [4.69, 9.17) is 13.9 Å². The van der Waals surface area contributed by atoms with Crippen LogP contribution in [0.4, 0.5) is 4.39 Å². The number of carbonyl (C=O) groups is 2. The number of ether oxygens (including phenoxy) is 2. The molecule has 0 spiro atoms. The van der Waals surface area contributed by atoms with Gasteiger partial charge in [-0.1, -0.05) is 6.07 Å². The molecule has 0 radical (unpaired) electrons. The molecule has 156 valence electrons. The zero-order valence-electron chi connectivity index (χ0n) is 16.9. The monoisotopic (exact) mass is 412 g/mol. The van der Waals surface area contributed by atoms with Crippen LogP contribution in [-0.2, 0) is 16.0 Å². The lowest BCUT2D eigenvalue weighted by Gasteiger charge is -2.13. The summed E-state index contributed by atoms with van der Waals surface area (Å²) in [4.78, 5) is 36.2. The van der Waals surface area contributed by atoms with E-state index in [1.807, 2.05) is 0 Å². The van der Waals surface area contributed by atoms with Crippen LogP contribution in [0, 0.1) is 12.7 Å². The molecule has 3 rings (SSSR count). The summed E-state index contributed by atoms with van der Waals surface area (Å²) < 4.78 is 29.3. The first-order chi connectivity index (χ1) is 14.2. The number of benzene rings is 2. The number of rotatable bonds is 6. The summed E-state index contributed by atoms with van der Waals surface area (Å²) in [5.74, 6) is -1.59. The number of fused-ring (bicyclic) bond motifs is 1. The van der Waals surface area contributed by atoms with E-state index in [-0.39, 0.29) is 41.8 Å². The van der Waals surface area contributed by atoms with Crippen LogP contribution in [-0.4, -0.2) is 18.0 Å². The third-order valence-corrected chi connectivity index (χ3v) is 4.36. The van der Waals surface area contributed by atoms with Gasteiger partial charge in [0.25, 0.3) is 0 Å². The maximum atomic E-state index is 13.4. The summed E-state index contributed by atoms with van der Waals surface area (Å²) in [6.07, 6.45) is 0.0754. The van der Waals surface area contributed by atoms with Crippen molar-refractivity contribution >= 4 is 22.9 Å². The summed E-state index contributed by atoms with van der Waals surface area (Å²) in [5, 5.41) is 0.660. The van der Waals surface area contributed by atoms with Crippen LogP contribution in [0.5, 0.6) is 5.75 Å². The van der Waals surface area contributed by atoms with E-state index >= 15 is 0 Å². The summed E-state index contributed by atoms with van der Waals surface area (Å²) in [6, 6.07) is 9.61. The van der Waals surface area contributed by atoms with Gasteiger partial charge < -0.3 is 13.9 Å². The third kappa shape index (κ3) is 5.11. The Labute approximate surface area is 172 Å². The second-order valence-electron chi connectivity index (χ2n) is 7.14. The maximum Gasteiger partial charge on any atom is 0.343 e. The van der Waals surface area contributed by atoms with Crippen molar-refractivity contribution in [3.63, 3.8) is 0 Å². The fourth-order valence-electron chi connectivity index (χ4n) is 3.01. The van der Waals surface area contributed by atoms with Crippen LogP contribution in [0.2, 0.25) is 0 Å². The normalized spacial score (nSPS) is 11.0. The Hall–Kier alpha value is -3.48. The lowest BCUT2D eigenvalue weighted by molar-refractivity contribution is -0.147. The first-order valence-electron chi connectivity index (χ1n) is 9.47. The van der Waals surface area contributed by atoms with Crippen LogP contribution >= 0.6 is 0 Å². The number of aryl methyl sites for hydroxylation is 2. The zero-order valence-corrected chi connectivity index (χ0v) is 16.9. The first-order valence-corrected chi connectivity index (χ1v) is 9.47. The molecular formula is C23H21FO6. The summed E-state index contributed by atoms with van der Waals surface area (Å²) in [6.45, 7) is 5.27. The van der Waals surface area contributed by atoms with Crippen LogP contribution in [0.3, 0.4) is 0 Å². The Morgan fingerprint density at radius 3 is 2.60 bits per heavy atom. The average Bonchev–Trinajstić information content (AvgIpc) is 2.66. The lowest BCUT2D eigenvalue weighted by Crippen LogP contribution is -2.13. The van der Waals surface area contributed by atoms with Crippen molar-refractivity contribution in [1.29, 1.82) is 0 Å². The first kappa shape index (κ1) is 21.2. The molecule has 7 heteroatoms. The van der Waals surface area contributed by atoms with Gasteiger partial charge in [0.05, 0.1) is 11.7 Å². The maximum absolute atomic E-state index is 13.4. The van der Waals surface area contributed by atoms with E-state index in [0.717, 1.165) is 6.07 Å². The van der Waals surface area contributed by atoms with Crippen LogP contribution in [0.25, 0.3) is 11.0 Å². The number of carbonyl (C=O) groups excluding carboxylic acids is 2. The molecule has 0 amide bonds. The van der Waals surface area contributed by atoms with Crippen molar-refractivity contribution < 1.29 is 27.9 Å². The molecule has 1 heterocycles. The van der Waals surface area contributed by atoms with Crippen molar-refractivity contribution in [2.24, 2.45) is 0 Å². The molecule has 2 aromatic carbocycles. The number of hydrogen-bond donors (Lipinski definition) is 0. The predicted octanol–water partition coefficient (Wildman–Crippen LogP) is 4.34. The minimum absolute atomic E-state index is 0.0333. The van der Waals surface area contributed by atoms with Crippen LogP contribution in [0.15, 0.2) is 51.7 Å². The van der Waals surface area contributed by atoms with Gasteiger partial charge in [0.15, 0.2) is 0 Å². The molecule has 0 bridgehead atoms. The third-order valence-electron chi connectivity index (χ3n) is 4.36. The molecule has 0 aliphatic rings. The molecule has 6 nitrogen and oxygen atoms in total. The Balaban J connectivity index is 1.97. The molecular weight excluding hydrogens is 391 g/mol. The molecule has 0 aliphatic heterocycles. The molecule has 0 saturated carbocycles. The SMILES string of the molecule is Cc1cc(=O)oc2cc(OC(=O)c3cccc(F)c3)c(CCC(=O)OC(C)C)cc12. The minimum atomic E-state index is -0.769. The van der Waals surface area contributed by atoms with E-state index in [1.54, 1.807) is 26.8 Å². The van der Waals surface area contributed by atoms with E-state index in [1.165, 1.54) is 30.3 Å². The number of halogens is 1. The molecule has 0 N–H and O–H groups in total. The molecule has 0 saturated heterocycles. The van der Waals surface area contributed by atoms with Crippen molar-refractivity contribution in [3.8, 4) is 5.75 Å². The van der Waals surface area contributed by atoms with Crippen LogP contribution < -0.4 is 10.4 Å². The van der Waals surface area contributed by atoms with Gasteiger partial charge in [0.1, 0.15) is 17.1 Å². The molecule has 3 aromatic rings. The highest BCUT2D eigenvalue weighted by molar-refractivity contribution is 5.92. The topological polar surface area (TPSA) is 82.8 Å². The Morgan fingerprint density at radius 2 is 1.90 bits per heavy atom. The fraction of sp³-hybridized carbons (Fsp3) is 0.261. The van der Waals surface area contributed by atoms with E-state index in [0.29, 0.717) is 16.5 Å². The van der Waals surface area contributed by atoms with E-state index < -0.39 is 17.4 Å². The molecule has 0 atom stereocenters. The molecule has 0 aliphatic carbocycles. The Kier molecular flexibility index (Phi) is 6.30. The number of hydrogen-bond acceptors (Lipinski definition) is 6. The van der Waals surface area contributed by atoms with E-state index in [9.17, 15) is 18.8 Å². The second-order valence-corrected chi connectivity index (χ2v) is 7.14. The minimum Gasteiger partial charge on any atom is -0.463 e. The van der Waals surface area contributed by atoms with Gasteiger partial charge in [-0.05, 0) is 62.6 Å². The van der Waals surface area contributed by atoms with Gasteiger partial charge in [0, 0.05) is 23.9 Å². The van der Waals surface area contributed by atoms with Gasteiger partial charge in [-0.25, -0.2) is 14.0 Å². The predicted molar refractivity (Wildman–Crippen MR) is 108 cm³/mol. The van der Waals surface area contributed by atoms with Gasteiger partial charge in [0.2, 0.25) is 0 Å². The second kappa shape index (κ2) is 8.90. The van der Waals surface area contributed by atoms with Crippen molar-refractivity contribution in [2.75, 3.05) is 0 Å². The molecule has 0 fully saturated rings. The Bertz CT molecular complexity index is 1160. The van der Waals surface area contributed by atoms with Gasteiger partial charge in [-0.2, -0.15) is 0 Å². The standard InChI is InChI=1S/C23H21FO6/c1-13(2)28-21(25)8-7-15-11-18-14(3)9-22(26)29-20(18)12-19(15)30-23(27)16-5-4-6-17(24)10-16/h4-6,9-13H,7-8H2,1-3H3. The van der Waals surface area contributed by atoms with Crippen LogP contribution in [0.1, 0.15) is 41.8 Å². The summed E-state index contributed by atoms with van der Waals surface area (Å²) in [5.41, 5.74) is 0.998. The number of esters is 2. The highest BCUT2D eigenvalue weighted by Crippen LogP contribution is 2.29. The molecule has 0 unspecified atom stereocenters. The van der Waals surface area contributed by atoms with Gasteiger partial charge in [-0.3, -0.25) is 4.79 Å². The van der Waals surface area contributed by atoms with Crippen molar-refractivity contribution in [3.05, 3.63) is 75.4 Å². The van der Waals surface area contributed by atoms with Crippen molar-refractivity contribution in [1.82, 2.24) is 0 Å². The van der Waals surface area contributed by atoms with Crippen molar-refractivity contribution in [2.45, 2.75) is 39.7 Å². The van der Waals surface area contributed by atoms with Gasteiger partial charge >= 0.3 is 17.6 Å². The largest absolute Gasteiger partial charge is 0.463 e. The molecule has 1 aromatic heterocycles. The highest BCUT2D eigenvalue weighted by atomic mass is 19.1. The average molecular weight is 412 g/mol. The highest BCUT2D eigenvalue weighted by Gasteiger charge is 2.17. The lowest BCUT2D eigenvalue weighted by atomic mass is 10.0. The smallest absolute Gasteiger partial charge is 0.343 e. The quantitative estimate of drug-likeness (QED) is 0.340. The van der Waals surface area contributed by atoms with Gasteiger partial charge in [-0.15, -0.1) is 0 Å².